The molecule has 0 radical (unpaired) electrons. The molecule has 1 aliphatic carbocycles. The highest BCUT2D eigenvalue weighted by Gasteiger charge is 2.29. The van der Waals surface area contributed by atoms with Gasteiger partial charge in [0.25, 0.3) is 0 Å². The molecule has 1 saturated carbocycles. The highest BCUT2D eigenvalue weighted by molar-refractivity contribution is 7.99. The Kier molecular flexibility index (Phi) is 5.35. The Morgan fingerprint density at radius 1 is 1.22 bits per heavy atom. The minimum absolute atomic E-state index is 0.142. The summed E-state index contributed by atoms with van der Waals surface area (Å²) in [5.41, 5.74) is 0. The molecule has 0 aromatic carbocycles. The van der Waals surface area contributed by atoms with E-state index in [4.69, 9.17) is 0 Å². The Morgan fingerprint density at radius 3 is 2.72 bits per heavy atom. The fourth-order valence-corrected chi connectivity index (χ4v) is 4.90. The van der Waals surface area contributed by atoms with Gasteiger partial charge < -0.3 is 5.32 Å². The number of sulfonamides is 1. The smallest absolute Gasteiger partial charge is 0.208 e. The number of hydrogen-bond donors (Lipinski definition) is 2. The van der Waals surface area contributed by atoms with Gasteiger partial charge in [-0.05, 0) is 43.9 Å². The number of thioether (sulfide) groups is 1. The lowest BCUT2D eigenvalue weighted by atomic mass is 10.0. The lowest BCUT2D eigenvalue weighted by molar-refractivity contribution is 0.386. The Morgan fingerprint density at radius 2 is 2.06 bits per heavy atom. The van der Waals surface area contributed by atoms with Crippen molar-refractivity contribution < 1.29 is 8.42 Å². The second-order valence-corrected chi connectivity index (χ2v) is 8.44. The Hall–Kier alpha value is 0.220. The zero-order chi connectivity index (χ0) is 13.0. The highest BCUT2D eigenvalue weighted by atomic mass is 32.2. The van der Waals surface area contributed by atoms with E-state index in [-0.39, 0.29) is 6.04 Å². The van der Waals surface area contributed by atoms with E-state index in [2.05, 4.69) is 10.0 Å². The van der Waals surface area contributed by atoms with Crippen molar-refractivity contribution in [2.45, 2.75) is 44.2 Å². The molecule has 106 valence electrons. The van der Waals surface area contributed by atoms with E-state index in [1.807, 2.05) is 11.8 Å². The van der Waals surface area contributed by atoms with Crippen LogP contribution in [-0.2, 0) is 10.0 Å². The minimum Gasteiger partial charge on any atom is -0.313 e. The maximum atomic E-state index is 11.3. The molecule has 1 saturated heterocycles. The number of hydrogen-bond acceptors (Lipinski definition) is 4. The summed E-state index contributed by atoms with van der Waals surface area (Å²) < 4.78 is 25.4. The Bertz CT molecular complexity index is 353. The van der Waals surface area contributed by atoms with Gasteiger partial charge >= 0.3 is 0 Å². The summed E-state index contributed by atoms with van der Waals surface area (Å²) in [5.74, 6) is 2.96. The average Bonchev–Trinajstić information content (AvgIpc) is 2.73. The predicted octanol–water partition coefficient (Wildman–Crippen LogP) is 1.19. The molecule has 0 aromatic rings. The molecule has 6 heteroatoms. The van der Waals surface area contributed by atoms with Crippen LogP contribution in [0.1, 0.15) is 32.1 Å². The number of rotatable bonds is 5. The molecule has 2 N–H and O–H groups in total. The van der Waals surface area contributed by atoms with Crippen molar-refractivity contribution in [1.82, 2.24) is 10.0 Å². The van der Waals surface area contributed by atoms with Gasteiger partial charge in [0.15, 0.2) is 0 Å². The monoisotopic (exact) mass is 292 g/mol. The van der Waals surface area contributed by atoms with E-state index < -0.39 is 10.0 Å². The molecule has 0 spiro atoms. The third-order valence-electron chi connectivity index (χ3n) is 3.85. The molecule has 1 aliphatic heterocycles. The van der Waals surface area contributed by atoms with Crippen molar-refractivity contribution >= 4 is 21.8 Å². The SMILES string of the molecule is CS(=O)(=O)N[C@@H]1CCC[C@H]1CN[C@H]1CCCSC1. The molecular weight excluding hydrogens is 268 g/mol. The normalized spacial score (nSPS) is 33.7. The van der Waals surface area contributed by atoms with Gasteiger partial charge in [-0.15, -0.1) is 0 Å². The van der Waals surface area contributed by atoms with Gasteiger partial charge in [0, 0.05) is 17.8 Å². The van der Waals surface area contributed by atoms with Crippen molar-refractivity contribution in [3.8, 4) is 0 Å². The minimum atomic E-state index is -3.07. The molecule has 2 rings (SSSR count). The topological polar surface area (TPSA) is 58.2 Å². The molecule has 0 bridgehead atoms. The summed E-state index contributed by atoms with van der Waals surface area (Å²) in [6, 6.07) is 0.770. The molecule has 18 heavy (non-hydrogen) atoms. The molecule has 0 aromatic heterocycles. The second kappa shape index (κ2) is 6.59. The summed E-state index contributed by atoms with van der Waals surface area (Å²) in [6.07, 6.45) is 7.09. The van der Waals surface area contributed by atoms with Crippen molar-refractivity contribution in [2.75, 3.05) is 24.3 Å². The summed E-state index contributed by atoms with van der Waals surface area (Å²) >= 11 is 2.02. The van der Waals surface area contributed by atoms with Gasteiger partial charge in [-0.3, -0.25) is 0 Å². The molecule has 2 fully saturated rings. The fourth-order valence-electron chi connectivity index (χ4n) is 2.93. The highest BCUT2D eigenvalue weighted by Crippen LogP contribution is 2.26. The third-order valence-corrected chi connectivity index (χ3v) is 5.80. The van der Waals surface area contributed by atoms with Crippen LogP contribution in [0.3, 0.4) is 0 Å². The first-order valence-electron chi connectivity index (χ1n) is 6.83. The van der Waals surface area contributed by atoms with Crippen molar-refractivity contribution in [3.05, 3.63) is 0 Å². The molecule has 0 amide bonds. The van der Waals surface area contributed by atoms with Crippen LogP contribution in [0.4, 0.5) is 0 Å². The second-order valence-electron chi connectivity index (χ2n) is 5.51. The lowest BCUT2D eigenvalue weighted by Gasteiger charge is -2.26. The van der Waals surface area contributed by atoms with Crippen molar-refractivity contribution in [3.63, 3.8) is 0 Å². The molecule has 1 heterocycles. The molecule has 4 nitrogen and oxygen atoms in total. The maximum Gasteiger partial charge on any atom is 0.208 e. The lowest BCUT2D eigenvalue weighted by Crippen LogP contribution is -2.43. The summed E-state index contributed by atoms with van der Waals surface area (Å²) in [7, 11) is -3.07. The first-order chi connectivity index (χ1) is 8.54. The molecule has 3 atom stereocenters. The zero-order valence-electron chi connectivity index (χ0n) is 11.0. The average molecular weight is 292 g/mol. The van der Waals surface area contributed by atoms with Crippen LogP contribution < -0.4 is 10.0 Å². The van der Waals surface area contributed by atoms with Gasteiger partial charge in [-0.2, -0.15) is 11.8 Å². The van der Waals surface area contributed by atoms with Gasteiger partial charge in [-0.1, -0.05) is 6.42 Å². The van der Waals surface area contributed by atoms with E-state index >= 15 is 0 Å². The first-order valence-corrected chi connectivity index (χ1v) is 9.87. The van der Waals surface area contributed by atoms with Crippen LogP contribution in [0.2, 0.25) is 0 Å². The van der Waals surface area contributed by atoms with Gasteiger partial charge in [0.05, 0.1) is 6.26 Å². The van der Waals surface area contributed by atoms with Crippen LogP contribution in [0.5, 0.6) is 0 Å². The van der Waals surface area contributed by atoms with Crippen LogP contribution in [-0.4, -0.2) is 44.8 Å². The quantitative estimate of drug-likeness (QED) is 0.799. The van der Waals surface area contributed by atoms with Crippen LogP contribution in [0, 0.1) is 5.92 Å². The van der Waals surface area contributed by atoms with Crippen LogP contribution in [0.15, 0.2) is 0 Å². The van der Waals surface area contributed by atoms with Crippen LogP contribution in [0.25, 0.3) is 0 Å². The Balaban J connectivity index is 1.77. The van der Waals surface area contributed by atoms with Crippen molar-refractivity contribution in [2.24, 2.45) is 5.92 Å². The third kappa shape index (κ3) is 4.72. The number of nitrogens with one attached hydrogen (secondary N) is 2. The summed E-state index contributed by atoms with van der Waals surface area (Å²) in [5, 5.41) is 3.62. The predicted molar refractivity (Wildman–Crippen MR) is 77.5 cm³/mol. The zero-order valence-corrected chi connectivity index (χ0v) is 12.7. The first kappa shape index (κ1) is 14.6. The molecule has 2 aliphatic rings. The van der Waals surface area contributed by atoms with Crippen LogP contribution >= 0.6 is 11.8 Å². The van der Waals surface area contributed by atoms with Gasteiger partial charge in [-0.25, -0.2) is 13.1 Å². The molecular formula is C12H24N2O2S2. The molecule has 0 unspecified atom stereocenters. The summed E-state index contributed by atoms with van der Waals surface area (Å²) in [4.78, 5) is 0. The fraction of sp³-hybridized carbons (Fsp3) is 1.00. The van der Waals surface area contributed by atoms with E-state index in [1.54, 1.807) is 0 Å². The van der Waals surface area contributed by atoms with E-state index in [0.29, 0.717) is 12.0 Å². The van der Waals surface area contributed by atoms with E-state index in [1.165, 1.54) is 30.6 Å². The van der Waals surface area contributed by atoms with Crippen molar-refractivity contribution in [1.29, 1.82) is 0 Å². The maximum absolute atomic E-state index is 11.3. The van der Waals surface area contributed by atoms with Gasteiger partial charge in [0.2, 0.25) is 10.0 Å². The largest absolute Gasteiger partial charge is 0.313 e. The standard InChI is InChI=1S/C12H24N2O2S2/c1-18(15,16)14-12-6-2-4-10(12)8-13-11-5-3-7-17-9-11/h10-14H,2-9H2,1H3/t10-,11-,12+/m0/s1. The summed E-state index contributed by atoms with van der Waals surface area (Å²) in [6.45, 7) is 0.957. The Labute approximate surface area is 115 Å². The van der Waals surface area contributed by atoms with E-state index in [9.17, 15) is 8.42 Å². The van der Waals surface area contributed by atoms with E-state index in [0.717, 1.165) is 25.8 Å². The van der Waals surface area contributed by atoms with Gasteiger partial charge in [0.1, 0.15) is 0 Å².